The fraction of sp³-hybridized carbons (Fsp3) is 0.421. The molecule has 0 spiro atoms. The number of fused-ring (bicyclic) bond motifs is 1. The van der Waals surface area contributed by atoms with E-state index in [0.29, 0.717) is 17.1 Å². The summed E-state index contributed by atoms with van der Waals surface area (Å²) in [5, 5.41) is -0.928. The molecule has 1 aromatic heterocycles. The number of hydrogen-bond donors (Lipinski definition) is 1. The first kappa shape index (κ1) is 19.4. The molecule has 2 aromatic rings. The zero-order valence-electron chi connectivity index (χ0n) is 15.5. The van der Waals surface area contributed by atoms with Crippen LogP contribution in [0, 0.1) is 18.8 Å². The molecule has 1 unspecified atom stereocenters. The van der Waals surface area contributed by atoms with Gasteiger partial charge in [0.25, 0.3) is 16.4 Å². The van der Waals surface area contributed by atoms with E-state index in [0.717, 1.165) is 6.42 Å². The lowest BCUT2D eigenvalue weighted by Gasteiger charge is -2.13. The van der Waals surface area contributed by atoms with E-state index in [4.69, 9.17) is 5.53 Å². The van der Waals surface area contributed by atoms with Gasteiger partial charge < -0.3 is 10.5 Å². The first-order valence-electron chi connectivity index (χ1n) is 8.41. The highest BCUT2D eigenvalue weighted by molar-refractivity contribution is 5.92. The van der Waals surface area contributed by atoms with Crippen LogP contribution in [0.2, 0.25) is 0 Å². The Morgan fingerprint density at radius 1 is 1.12 bits per heavy atom. The maximum atomic E-state index is 12.6. The van der Waals surface area contributed by atoms with Crippen molar-refractivity contribution in [2.45, 2.75) is 41.0 Å². The first-order chi connectivity index (χ1) is 12.1. The molecule has 0 aliphatic rings. The van der Waals surface area contributed by atoms with E-state index in [1.165, 1.54) is 0 Å². The lowest BCUT2D eigenvalue weighted by atomic mass is 9.92. The highest BCUT2D eigenvalue weighted by Gasteiger charge is 2.22. The Bertz CT molecular complexity index is 1210. The van der Waals surface area contributed by atoms with E-state index in [2.05, 4.69) is 23.6 Å². The molecule has 0 bridgehead atoms. The van der Waals surface area contributed by atoms with Crippen molar-refractivity contribution in [3.05, 3.63) is 69.1 Å². The van der Waals surface area contributed by atoms with Gasteiger partial charge in [-0.1, -0.05) is 26.8 Å². The average Bonchev–Trinajstić information content (AvgIpc) is 2.54. The first-order valence-corrected chi connectivity index (χ1v) is 8.41. The van der Waals surface area contributed by atoms with E-state index < -0.39 is 27.2 Å². The number of hydrogen-bond acceptors (Lipinski definition) is 4. The van der Waals surface area contributed by atoms with Gasteiger partial charge in [0.05, 0.1) is 5.39 Å². The Labute approximate surface area is 149 Å². The van der Waals surface area contributed by atoms with E-state index >= 15 is 0 Å². The summed E-state index contributed by atoms with van der Waals surface area (Å²) in [6, 6.07) is 0. The smallest absolute Gasteiger partial charge is 0.360 e. The third-order valence-electron chi connectivity index (χ3n) is 4.42. The summed E-state index contributed by atoms with van der Waals surface area (Å²) in [6.45, 7) is 9.51. The van der Waals surface area contributed by atoms with Crippen LogP contribution in [0.1, 0.15) is 45.2 Å². The predicted octanol–water partition coefficient (Wildman–Crippen LogP) is 1.01. The standard InChI is InChI=1S/C19H21N3O4/c1-8(2)6-9(3)7-10(4)12-11(5)19(26)21-14-13(12)16(23)15(22-20)18(25)17(14)24/h7-9H,6H2,1-5H3,(H,21,26)/b10-7+. The molecule has 0 saturated heterocycles. The molecule has 0 saturated carbocycles. The molecule has 0 aliphatic heterocycles. The topological polar surface area (TPSA) is 120 Å². The number of aromatic amines is 1. The largest absolute Gasteiger partial charge is 0.413 e. The third-order valence-corrected chi connectivity index (χ3v) is 4.42. The molecule has 2 rings (SSSR count). The summed E-state index contributed by atoms with van der Waals surface area (Å²) in [5.74, 6) is 0.656. The van der Waals surface area contributed by atoms with Gasteiger partial charge in [-0.15, -0.1) is 0 Å². The fourth-order valence-electron chi connectivity index (χ4n) is 3.44. The monoisotopic (exact) mass is 355 g/mol. The van der Waals surface area contributed by atoms with Crippen molar-refractivity contribution in [2.24, 2.45) is 11.8 Å². The molecule has 0 fully saturated rings. The van der Waals surface area contributed by atoms with Gasteiger partial charge in [0.1, 0.15) is 5.52 Å². The molecule has 1 aromatic carbocycles. The van der Waals surface area contributed by atoms with Crippen LogP contribution >= 0.6 is 0 Å². The quantitative estimate of drug-likeness (QED) is 0.500. The number of aromatic nitrogens is 1. The molecule has 0 radical (unpaired) electrons. The van der Waals surface area contributed by atoms with Crippen LogP contribution in [0.25, 0.3) is 22.0 Å². The number of rotatable bonds is 4. The van der Waals surface area contributed by atoms with Crippen molar-refractivity contribution >= 4 is 16.5 Å². The van der Waals surface area contributed by atoms with Gasteiger partial charge in [-0.2, -0.15) is 4.79 Å². The zero-order chi connectivity index (χ0) is 19.8. The number of allylic oxidation sites excluding steroid dienone is 2. The summed E-state index contributed by atoms with van der Waals surface area (Å²) in [6.07, 6.45) is 2.85. The van der Waals surface area contributed by atoms with Crippen LogP contribution in [-0.2, 0) is 0 Å². The van der Waals surface area contributed by atoms with Crippen molar-refractivity contribution < 1.29 is 4.79 Å². The van der Waals surface area contributed by atoms with Crippen LogP contribution in [0.4, 0.5) is 0 Å². The number of benzene rings is 1. The summed E-state index contributed by atoms with van der Waals surface area (Å²) >= 11 is 0. The van der Waals surface area contributed by atoms with Crippen LogP contribution in [0.3, 0.4) is 0 Å². The van der Waals surface area contributed by atoms with Crippen LogP contribution in [0.15, 0.2) is 25.3 Å². The fourth-order valence-corrected chi connectivity index (χ4v) is 3.44. The van der Waals surface area contributed by atoms with Gasteiger partial charge in [-0.3, -0.25) is 19.2 Å². The molecule has 1 heterocycles. The second-order valence-electron chi connectivity index (χ2n) is 7.10. The number of nitrogens with zero attached hydrogens (tertiary/aromatic N) is 2. The highest BCUT2D eigenvalue weighted by Crippen LogP contribution is 2.24. The van der Waals surface area contributed by atoms with Gasteiger partial charge in [-0.05, 0) is 43.2 Å². The minimum Gasteiger partial charge on any atom is -0.360 e. The second kappa shape index (κ2) is 7.14. The second-order valence-corrected chi connectivity index (χ2v) is 7.10. The Morgan fingerprint density at radius 2 is 1.73 bits per heavy atom. The van der Waals surface area contributed by atoms with E-state index in [9.17, 15) is 19.2 Å². The van der Waals surface area contributed by atoms with Crippen LogP contribution in [-0.4, -0.2) is 9.77 Å². The van der Waals surface area contributed by atoms with Gasteiger partial charge in [0.15, 0.2) is 0 Å². The van der Waals surface area contributed by atoms with Crippen molar-refractivity contribution in [3.63, 3.8) is 0 Å². The molecular formula is C19H21N3O4. The number of nitrogens with one attached hydrogen (secondary N) is 1. The minimum atomic E-state index is -1.23. The highest BCUT2D eigenvalue weighted by atomic mass is 16.2. The summed E-state index contributed by atoms with van der Waals surface area (Å²) in [4.78, 5) is 54.1. The molecule has 7 heteroatoms. The van der Waals surface area contributed by atoms with Crippen molar-refractivity contribution in [2.75, 3.05) is 0 Å². The molecule has 26 heavy (non-hydrogen) atoms. The molecular weight excluding hydrogens is 334 g/mol. The van der Waals surface area contributed by atoms with E-state index in [1.807, 2.05) is 13.0 Å². The molecule has 136 valence electrons. The van der Waals surface area contributed by atoms with Gasteiger partial charge in [0.2, 0.25) is 0 Å². The predicted molar refractivity (Wildman–Crippen MR) is 99.5 cm³/mol. The maximum Gasteiger partial charge on any atom is 0.413 e. The van der Waals surface area contributed by atoms with Gasteiger partial charge in [0, 0.05) is 5.56 Å². The van der Waals surface area contributed by atoms with Crippen LogP contribution in [0.5, 0.6) is 0 Å². The van der Waals surface area contributed by atoms with Crippen molar-refractivity contribution in [1.29, 1.82) is 0 Å². The Morgan fingerprint density at radius 3 is 2.27 bits per heavy atom. The van der Waals surface area contributed by atoms with Crippen molar-refractivity contribution in [1.82, 2.24) is 4.98 Å². The van der Waals surface area contributed by atoms with Crippen LogP contribution < -0.4 is 27.2 Å². The van der Waals surface area contributed by atoms with Gasteiger partial charge >= 0.3 is 10.8 Å². The maximum absolute atomic E-state index is 12.6. The number of H-pyrrole nitrogens is 1. The third kappa shape index (κ3) is 3.26. The number of pyridine rings is 1. The summed E-state index contributed by atoms with van der Waals surface area (Å²) in [7, 11) is 0. The summed E-state index contributed by atoms with van der Waals surface area (Å²) < 4.78 is 0. The van der Waals surface area contributed by atoms with E-state index in [-0.39, 0.29) is 22.4 Å². The normalized spacial score (nSPS) is 13.2. The van der Waals surface area contributed by atoms with E-state index in [1.54, 1.807) is 13.8 Å². The minimum absolute atomic E-state index is 0.0926. The Balaban J connectivity index is 3.04. The molecule has 7 nitrogen and oxygen atoms in total. The Kier molecular flexibility index (Phi) is 5.33. The molecule has 1 N–H and O–H groups in total. The van der Waals surface area contributed by atoms with Gasteiger partial charge in [-0.25, -0.2) is 0 Å². The SMILES string of the molecule is C/C(=C\C(C)CC(C)C)c1c(C)c(=O)[nH]c2c(=O)c(=O)c(=[N+]=[N-])c(=O)c12. The summed E-state index contributed by atoms with van der Waals surface area (Å²) in [5.41, 5.74) is 6.17. The molecule has 1 atom stereocenters. The molecule has 0 amide bonds. The molecule has 0 aliphatic carbocycles. The zero-order valence-corrected chi connectivity index (χ0v) is 15.5. The lowest BCUT2D eigenvalue weighted by Crippen LogP contribution is -2.49. The average molecular weight is 355 g/mol. The van der Waals surface area contributed by atoms with Crippen molar-refractivity contribution in [3.8, 4) is 0 Å². The lowest BCUT2D eigenvalue weighted by molar-refractivity contribution is -0.0681. The Hall–Kier alpha value is -2.92.